The highest BCUT2D eigenvalue weighted by Crippen LogP contribution is 2.64. The minimum atomic E-state index is -0.487. The highest BCUT2D eigenvalue weighted by Gasteiger charge is 2.52. The molecular weight excluding hydrogens is 607 g/mol. The van der Waals surface area contributed by atoms with Gasteiger partial charge in [0.05, 0.1) is 16.8 Å². The maximum atomic E-state index is 5.22. The number of fused-ring (bicyclic) bond motifs is 10. The summed E-state index contributed by atoms with van der Waals surface area (Å²) in [7, 11) is 0. The van der Waals surface area contributed by atoms with Crippen molar-refractivity contribution in [1.29, 1.82) is 0 Å². The van der Waals surface area contributed by atoms with Gasteiger partial charge in [-0.3, -0.25) is 4.98 Å². The number of hydrogen-bond acceptors (Lipinski definition) is 3. The third kappa shape index (κ3) is 4.13. The quantitative estimate of drug-likeness (QED) is 0.193. The summed E-state index contributed by atoms with van der Waals surface area (Å²) >= 11 is 0. The first-order chi connectivity index (χ1) is 24.7. The highest BCUT2D eigenvalue weighted by molar-refractivity contribution is 6.00. The largest absolute Gasteiger partial charge is 0.261 e. The van der Waals surface area contributed by atoms with Gasteiger partial charge in [0.2, 0.25) is 0 Å². The Hall–Kier alpha value is -6.45. The Morgan fingerprint density at radius 3 is 1.72 bits per heavy atom. The van der Waals surface area contributed by atoms with Crippen molar-refractivity contribution in [1.82, 2.24) is 15.0 Å². The van der Waals surface area contributed by atoms with Crippen LogP contribution in [0.15, 0.2) is 170 Å². The van der Waals surface area contributed by atoms with Gasteiger partial charge in [-0.25, -0.2) is 9.97 Å². The van der Waals surface area contributed by atoms with Gasteiger partial charge in [-0.2, -0.15) is 0 Å². The number of nitrogens with zero attached hydrogens (tertiary/aromatic N) is 3. The van der Waals surface area contributed by atoms with Gasteiger partial charge in [-0.1, -0.05) is 146 Å². The zero-order valence-electron chi connectivity index (χ0n) is 27.5. The molecule has 0 bridgehead atoms. The molecule has 0 amide bonds. The number of aromatic nitrogens is 3. The zero-order chi connectivity index (χ0) is 33.2. The van der Waals surface area contributed by atoms with E-state index in [1.165, 1.54) is 50.1 Å². The summed E-state index contributed by atoms with van der Waals surface area (Å²) < 4.78 is 0. The average Bonchev–Trinajstić information content (AvgIpc) is 3.66. The van der Waals surface area contributed by atoms with Gasteiger partial charge in [0, 0.05) is 34.1 Å². The lowest BCUT2D eigenvalue weighted by Crippen LogP contribution is -2.25. The first-order valence-electron chi connectivity index (χ1n) is 17.1. The molecule has 0 radical (unpaired) electrons. The number of benzene rings is 6. The van der Waals surface area contributed by atoms with E-state index in [9.17, 15) is 0 Å². The van der Waals surface area contributed by atoms with Gasteiger partial charge in [-0.15, -0.1) is 0 Å². The molecule has 8 aromatic rings. The minimum absolute atomic E-state index is 0.487. The monoisotopic (exact) mass is 637 g/mol. The molecule has 1 spiro atoms. The molecule has 3 nitrogen and oxygen atoms in total. The molecule has 2 heterocycles. The molecule has 2 aromatic heterocycles. The molecule has 0 N–H and O–H groups in total. The maximum Gasteiger partial charge on any atom is 0.160 e. The molecule has 50 heavy (non-hydrogen) atoms. The van der Waals surface area contributed by atoms with Crippen molar-refractivity contribution >= 4 is 0 Å². The van der Waals surface area contributed by atoms with E-state index in [2.05, 4.69) is 145 Å². The Morgan fingerprint density at radius 2 is 0.980 bits per heavy atom. The Bertz CT molecular complexity index is 2530. The van der Waals surface area contributed by atoms with Crippen LogP contribution in [-0.4, -0.2) is 15.0 Å². The fourth-order valence-electron chi connectivity index (χ4n) is 8.28. The molecule has 0 saturated heterocycles. The molecule has 0 fully saturated rings. The lowest BCUT2D eigenvalue weighted by atomic mass is 9.70. The smallest absolute Gasteiger partial charge is 0.160 e. The van der Waals surface area contributed by atoms with E-state index in [-0.39, 0.29) is 0 Å². The fourth-order valence-corrected chi connectivity index (χ4v) is 8.28. The van der Waals surface area contributed by atoms with Crippen LogP contribution in [0.3, 0.4) is 0 Å². The lowest BCUT2D eigenvalue weighted by Gasteiger charge is -2.31. The number of aryl methyl sites for hydroxylation is 1. The zero-order valence-corrected chi connectivity index (χ0v) is 27.5. The van der Waals surface area contributed by atoms with E-state index in [0.29, 0.717) is 5.82 Å². The molecule has 6 aromatic carbocycles. The van der Waals surface area contributed by atoms with E-state index >= 15 is 0 Å². The van der Waals surface area contributed by atoms with E-state index < -0.39 is 5.41 Å². The number of rotatable bonds is 4. The van der Waals surface area contributed by atoms with Crippen molar-refractivity contribution in [3.63, 3.8) is 0 Å². The second-order valence-corrected chi connectivity index (χ2v) is 13.2. The molecule has 2 aliphatic carbocycles. The van der Waals surface area contributed by atoms with E-state index in [4.69, 9.17) is 9.97 Å². The van der Waals surface area contributed by atoms with Crippen LogP contribution in [0.25, 0.3) is 67.3 Å². The van der Waals surface area contributed by atoms with Crippen molar-refractivity contribution in [3.05, 3.63) is 198 Å². The summed E-state index contributed by atoms with van der Waals surface area (Å²) in [6, 6.07) is 58.8. The third-order valence-electron chi connectivity index (χ3n) is 10.5. The van der Waals surface area contributed by atoms with Crippen LogP contribution in [0.1, 0.15) is 27.9 Å². The third-order valence-corrected chi connectivity index (χ3v) is 10.5. The summed E-state index contributed by atoms with van der Waals surface area (Å²) in [5, 5.41) is 0. The van der Waals surface area contributed by atoms with Crippen molar-refractivity contribution in [2.75, 3.05) is 0 Å². The minimum Gasteiger partial charge on any atom is -0.261 e. The summed E-state index contributed by atoms with van der Waals surface area (Å²) in [6.07, 6.45) is 2.01. The second kappa shape index (κ2) is 11.0. The molecule has 10 rings (SSSR count). The van der Waals surface area contributed by atoms with E-state index in [0.717, 1.165) is 39.3 Å². The predicted molar refractivity (Wildman–Crippen MR) is 203 cm³/mol. The number of pyridine rings is 1. The van der Waals surface area contributed by atoms with Crippen molar-refractivity contribution in [3.8, 4) is 67.3 Å². The summed E-state index contributed by atoms with van der Waals surface area (Å²) in [5.74, 6) is 0.716. The van der Waals surface area contributed by atoms with Crippen LogP contribution in [0, 0.1) is 6.92 Å². The molecule has 2 aliphatic rings. The number of hydrogen-bond donors (Lipinski definition) is 0. The van der Waals surface area contributed by atoms with Crippen molar-refractivity contribution in [2.24, 2.45) is 0 Å². The molecule has 234 valence electrons. The van der Waals surface area contributed by atoms with Crippen LogP contribution in [-0.2, 0) is 5.41 Å². The summed E-state index contributed by atoms with van der Waals surface area (Å²) in [5.41, 5.74) is 18.1. The molecule has 0 aliphatic heterocycles. The summed E-state index contributed by atoms with van der Waals surface area (Å²) in [6.45, 7) is 2.04. The topological polar surface area (TPSA) is 38.7 Å². The Balaban J connectivity index is 1.25. The Morgan fingerprint density at radius 1 is 0.400 bits per heavy atom. The van der Waals surface area contributed by atoms with Crippen LogP contribution >= 0.6 is 0 Å². The highest BCUT2D eigenvalue weighted by atomic mass is 14.9. The molecule has 1 unspecified atom stereocenters. The van der Waals surface area contributed by atoms with Crippen molar-refractivity contribution in [2.45, 2.75) is 12.3 Å². The standard InChI is InChI=1S/C47H31N3/c1-30-23-24-34(29-48-30)35-19-12-22-41-45(35)38-18-9-11-21-40(38)47(41)39-20-10-8-17-36(39)37-26-25-33(27-42(37)47)44-28-43(31-13-4-2-5-14-31)49-46(50-44)32-15-6-3-7-16-32/h2-29H,1H3. The van der Waals surface area contributed by atoms with Gasteiger partial charge in [0.25, 0.3) is 0 Å². The maximum absolute atomic E-state index is 5.22. The van der Waals surface area contributed by atoms with Gasteiger partial charge in [0.1, 0.15) is 0 Å². The molecule has 0 saturated carbocycles. The molecule has 3 heteroatoms. The molecular formula is C47H31N3. The Kier molecular flexibility index (Phi) is 6.31. The van der Waals surface area contributed by atoms with Gasteiger partial charge >= 0.3 is 0 Å². The van der Waals surface area contributed by atoms with Crippen LogP contribution < -0.4 is 0 Å². The SMILES string of the molecule is Cc1ccc(-c2cccc3c2-c2ccccc2C32c3ccccc3-c3ccc(-c4cc(-c5ccccc5)nc(-c5ccccc5)n4)cc32)cn1. The Labute approximate surface area is 291 Å². The van der Waals surface area contributed by atoms with E-state index in [1.54, 1.807) is 0 Å². The van der Waals surface area contributed by atoms with Gasteiger partial charge in [-0.05, 0) is 75.2 Å². The first kappa shape index (κ1) is 28.6. The van der Waals surface area contributed by atoms with Crippen LogP contribution in [0.2, 0.25) is 0 Å². The summed E-state index contributed by atoms with van der Waals surface area (Å²) in [4.78, 5) is 15.0. The normalized spacial score (nSPS) is 15.0. The van der Waals surface area contributed by atoms with Gasteiger partial charge in [0.15, 0.2) is 5.82 Å². The molecule has 1 atom stereocenters. The average molecular weight is 638 g/mol. The fraction of sp³-hybridized carbons (Fsp3) is 0.0426. The van der Waals surface area contributed by atoms with Gasteiger partial charge < -0.3 is 0 Å². The predicted octanol–water partition coefficient (Wildman–Crippen LogP) is 11.2. The van der Waals surface area contributed by atoms with E-state index in [1.807, 2.05) is 37.4 Å². The van der Waals surface area contributed by atoms with Crippen LogP contribution in [0.4, 0.5) is 0 Å². The first-order valence-corrected chi connectivity index (χ1v) is 17.1. The lowest BCUT2D eigenvalue weighted by molar-refractivity contribution is 0.794. The van der Waals surface area contributed by atoms with Crippen molar-refractivity contribution < 1.29 is 0 Å². The van der Waals surface area contributed by atoms with Crippen LogP contribution in [0.5, 0.6) is 0 Å². The second-order valence-electron chi connectivity index (χ2n) is 13.2.